The van der Waals surface area contributed by atoms with Crippen LogP contribution in [0.5, 0.6) is 23.0 Å². The topological polar surface area (TPSA) is 102 Å². The maximum atomic E-state index is 12.5. The Hall–Kier alpha value is -3.66. The van der Waals surface area contributed by atoms with Crippen molar-refractivity contribution in [2.45, 2.75) is 32.3 Å². The fourth-order valence-corrected chi connectivity index (χ4v) is 4.37. The normalized spacial score (nSPS) is 13.3. The van der Waals surface area contributed by atoms with Crippen molar-refractivity contribution in [2.75, 3.05) is 33.5 Å². The molecule has 9 nitrogen and oxygen atoms in total. The molecule has 1 fully saturated rings. The first-order valence-electron chi connectivity index (χ1n) is 12.7. The van der Waals surface area contributed by atoms with E-state index in [1.54, 1.807) is 50.6 Å². The molecule has 10 heteroatoms. The second-order valence-electron chi connectivity index (χ2n) is 9.24. The summed E-state index contributed by atoms with van der Waals surface area (Å²) in [5.41, 5.74) is 2.02. The Morgan fingerprint density at radius 2 is 1.92 bits per heavy atom. The van der Waals surface area contributed by atoms with Crippen molar-refractivity contribution in [3.05, 3.63) is 70.7 Å². The van der Waals surface area contributed by atoms with Gasteiger partial charge in [0, 0.05) is 41.6 Å². The lowest BCUT2D eigenvalue weighted by Crippen LogP contribution is -2.36. The van der Waals surface area contributed by atoms with Gasteiger partial charge in [0.15, 0.2) is 11.5 Å². The highest BCUT2D eigenvalue weighted by Gasteiger charge is 2.18. The molecule has 0 amide bonds. The number of hydrogen-bond acceptors (Lipinski definition) is 9. The van der Waals surface area contributed by atoms with Gasteiger partial charge in [-0.1, -0.05) is 22.8 Å². The highest BCUT2D eigenvalue weighted by atomic mass is 35.5. The van der Waals surface area contributed by atoms with E-state index in [0.717, 1.165) is 11.8 Å². The van der Waals surface area contributed by atoms with Crippen molar-refractivity contribution in [1.82, 2.24) is 10.1 Å². The van der Waals surface area contributed by atoms with Crippen LogP contribution < -0.4 is 14.2 Å². The van der Waals surface area contributed by atoms with Crippen molar-refractivity contribution in [2.24, 2.45) is 0 Å². The van der Waals surface area contributed by atoms with Crippen LogP contribution in [0.25, 0.3) is 10.9 Å². The van der Waals surface area contributed by atoms with E-state index < -0.39 is 0 Å². The maximum absolute atomic E-state index is 12.5. The molecule has 2 aromatic carbocycles. The molecular weight excluding hydrogens is 524 g/mol. The summed E-state index contributed by atoms with van der Waals surface area (Å²) in [6.07, 6.45) is 2.99. The van der Waals surface area contributed by atoms with Gasteiger partial charge in [-0.25, -0.2) is 0 Å². The van der Waals surface area contributed by atoms with Crippen LogP contribution in [0.1, 0.15) is 23.4 Å². The summed E-state index contributed by atoms with van der Waals surface area (Å²) < 4.78 is 33.5. The van der Waals surface area contributed by atoms with E-state index >= 15 is 0 Å². The second-order valence-corrected chi connectivity index (χ2v) is 9.65. The van der Waals surface area contributed by atoms with Crippen LogP contribution in [0, 0.1) is 6.92 Å². The largest absolute Gasteiger partial charge is 0.493 e. The van der Waals surface area contributed by atoms with Crippen molar-refractivity contribution in [3.8, 4) is 23.0 Å². The lowest BCUT2D eigenvalue weighted by atomic mass is 10.1. The number of aromatic nitrogens is 2. The fraction of sp³-hybridized carbons (Fsp3) is 0.345. The number of fused-ring (bicyclic) bond motifs is 1. The summed E-state index contributed by atoms with van der Waals surface area (Å²) in [5.74, 6) is 2.95. The van der Waals surface area contributed by atoms with Gasteiger partial charge >= 0.3 is 0 Å². The molecule has 1 aliphatic rings. The summed E-state index contributed by atoms with van der Waals surface area (Å²) >= 11 is 6.50. The predicted molar refractivity (Wildman–Crippen MR) is 144 cm³/mol. The van der Waals surface area contributed by atoms with E-state index in [2.05, 4.69) is 10.1 Å². The van der Waals surface area contributed by atoms with E-state index in [4.69, 9.17) is 39.8 Å². The molecule has 0 aliphatic carbocycles. The van der Waals surface area contributed by atoms with Gasteiger partial charge in [-0.3, -0.25) is 9.78 Å². The summed E-state index contributed by atoms with van der Waals surface area (Å²) in [7, 11) is 1.59. The molecule has 1 saturated heterocycles. The molecule has 0 radical (unpaired) electrons. The van der Waals surface area contributed by atoms with Crippen LogP contribution in [-0.2, 0) is 27.1 Å². The average molecular weight is 553 g/mol. The first kappa shape index (κ1) is 26.9. The minimum atomic E-state index is -0.00963. The number of carbonyl (C=O) groups excluding carboxylic acids is 1. The van der Waals surface area contributed by atoms with E-state index in [-0.39, 0.29) is 24.7 Å². The number of rotatable bonds is 13. The molecule has 0 bridgehead atoms. The first-order chi connectivity index (χ1) is 19.0. The van der Waals surface area contributed by atoms with Crippen molar-refractivity contribution < 1.29 is 33.0 Å². The number of ketones is 1. The molecule has 4 aromatic rings. The zero-order valence-corrected chi connectivity index (χ0v) is 22.5. The zero-order chi connectivity index (χ0) is 27.2. The Kier molecular flexibility index (Phi) is 8.61. The number of hydrogen-bond donors (Lipinski definition) is 0. The maximum Gasteiger partial charge on any atom is 0.163 e. The molecule has 3 heterocycles. The number of pyridine rings is 1. The van der Waals surface area contributed by atoms with Gasteiger partial charge in [0.1, 0.15) is 29.1 Å². The minimum absolute atomic E-state index is 0.00963. The second kappa shape index (κ2) is 12.5. The third kappa shape index (κ3) is 6.86. The number of nitrogens with zero attached hydrogens (tertiary/aromatic N) is 2. The third-order valence-electron chi connectivity index (χ3n) is 6.19. The summed E-state index contributed by atoms with van der Waals surface area (Å²) in [6.45, 7) is 4.20. The van der Waals surface area contributed by atoms with Gasteiger partial charge in [0.05, 0.1) is 51.2 Å². The zero-order valence-electron chi connectivity index (χ0n) is 21.8. The van der Waals surface area contributed by atoms with Gasteiger partial charge < -0.3 is 28.2 Å². The Morgan fingerprint density at radius 3 is 2.64 bits per heavy atom. The van der Waals surface area contributed by atoms with E-state index in [9.17, 15) is 4.79 Å². The monoisotopic (exact) mass is 552 g/mol. The SMILES string of the molecule is COc1cc2c(Oc3ccc(CC(=O)Cc4cc(C)on4)c(Cl)c3)ccnc2cc1OCCCOC1COC1. The molecule has 1 aliphatic heterocycles. The molecule has 0 saturated carbocycles. The predicted octanol–water partition coefficient (Wildman–Crippen LogP) is 5.52. The number of Topliss-reactive ketones (excluding diaryl/α,β-unsaturated/α-hetero) is 1. The van der Waals surface area contributed by atoms with Crippen LogP contribution in [0.4, 0.5) is 0 Å². The standard InChI is InChI=1S/C29H29ClN2O7/c1-18-10-20(32-39-18)12-21(33)11-19-4-5-22(13-25(19)30)38-27-6-7-31-26-15-29(28(34-2)14-24(26)27)37-9-3-8-36-23-16-35-17-23/h4-7,10,13-15,23H,3,8-9,11-12,16-17H2,1-2H3. The minimum Gasteiger partial charge on any atom is -0.493 e. The van der Waals surface area contributed by atoms with Crippen molar-refractivity contribution in [1.29, 1.82) is 0 Å². The van der Waals surface area contributed by atoms with Crippen LogP contribution in [0.2, 0.25) is 5.02 Å². The smallest absolute Gasteiger partial charge is 0.163 e. The average Bonchev–Trinajstić information content (AvgIpc) is 3.30. The van der Waals surface area contributed by atoms with E-state index in [1.165, 1.54) is 0 Å². The molecule has 0 unspecified atom stereocenters. The first-order valence-corrected chi connectivity index (χ1v) is 13.1. The molecule has 0 spiro atoms. The Bertz CT molecular complexity index is 1450. The van der Waals surface area contributed by atoms with E-state index in [1.807, 2.05) is 12.1 Å². The molecule has 39 heavy (non-hydrogen) atoms. The van der Waals surface area contributed by atoms with Gasteiger partial charge in [0.2, 0.25) is 0 Å². The fourth-order valence-electron chi connectivity index (χ4n) is 4.13. The molecule has 0 atom stereocenters. The quantitative estimate of drug-likeness (QED) is 0.198. The number of halogens is 1. The van der Waals surface area contributed by atoms with Gasteiger partial charge in [-0.15, -0.1) is 0 Å². The number of benzene rings is 2. The molecule has 0 N–H and O–H groups in total. The highest BCUT2D eigenvalue weighted by Crippen LogP contribution is 2.37. The summed E-state index contributed by atoms with van der Waals surface area (Å²) in [6, 6.07) is 12.5. The molecular formula is C29H29ClN2O7. The van der Waals surface area contributed by atoms with Gasteiger partial charge in [-0.05, 0) is 36.8 Å². The Balaban J connectivity index is 1.24. The number of carbonyl (C=O) groups is 1. The van der Waals surface area contributed by atoms with Crippen molar-refractivity contribution in [3.63, 3.8) is 0 Å². The Morgan fingerprint density at radius 1 is 1.05 bits per heavy atom. The molecule has 2 aromatic heterocycles. The molecule has 204 valence electrons. The van der Waals surface area contributed by atoms with Crippen LogP contribution in [-0.4, -0.2) is 55.6 Å². The highest BCUT2D eigenvalue weighted by molar-refractivity contribution is 6.31. The summed E-state index contributed by atoms with van der Waals surface area (Å²) in [5, 5.41) is 5.08. The molecule has 5 rings (SSSR count). The van der Waals surface area contributed by atoms with Crippen LogP contribution >= 0.6 is 11.6 Å². The lowest BCUT2D eigenvalue weighted by Gasteiger charge is -2.25. The lowest BCUT2D eigenvalue weighted by molar-refractivity contribution is -0.130. The van der Waals surface area contributed by atoms with Crippen LogP contribution in [0.3, 0.4) is 0 Å². The van der Waals surface area contributed by atoms with E-state index in [0.29, 0.717) is 77.0 Å². The number of aryl methyl sites for hydroxylation is 1. The number of ether oxygens (including phenoxy) is 5. The Labute approximate surface area is 230 Å². The van der Waals surface area contributed by atoms with Gasteiger partial charge in [-0.2, -0.15) is 0 Å². The number of methoxy groups -OCH3 is 1. The van der Waals surface area contributed by atoms with Crippen LogP contribution in [0.15, 0.2) is 53.2 Å². The summed E-state index contributed by atoms with van der Waals surface area (Å²) in [4.78, 5) is 17.0. The van der Waals surface area contributed by atoms with Gasteiger partial charge in [0.25, 0.3) is 0 Å². The van der Waals surface area contributed by atoms with Crippen molar-refractivity contribution >= 4 is 28.3 Å². The third-order valence-corrected chi connectivity index (χ3v) is 6.54.